The first-order chi connectivity index (χ1) is 9.19. The molecule has 0 radical (unpaired) electrons. The van der Waals surface area contributed by atoms with E-state index < -0.39 is 0 Å². The van der Waals surface area contributed by atoms with Crippen LogP contribution in [0.3, 0.4) is 0 Å². The Morgan fingerprint density at radius 2 is 1.68 bits per heavy atom. The third kappa shape index (κ3) is 4.15. The van der Waals surface area contributed by atoms with Crippen molar-refractivity contribution in [3.05, 3.63) is 24.3 Å². The van der Waals surface area contributed by atoms with E-state index in [1.54, 1.807) is 0 Å². The summed E-state index contributed by atoms with van der Waals surface area (Å²) in [5.74, 6) is 0.985. The zero-order valence-electron chi connectivity index (χ0n) is 12.7. The van der Waals surface area contributed by atoms with Crippen molar-refractivity contribution in [2.75, 3.05) is 24.3 Å². The summed E-state index contributed by atoms with van der Waals surface area (Å²) in [4.78, 5) is 2.14. The van der Waals surface area contributed by atoms with Gasteiger partial charge in [-0.2, -0.15) is 0 Å². The first-order valence-electron chi connectivity index (χ1n) is 7.73. The van der Waals surface area contributed by atoms with Crippen molar-refractivity contribution in [3.8, 4) is 0 Å². The predicted molar refractivity (Wildman–Crippen MR) is 85.0 cm³/mol. The van der Waals surface area contributed by atoms with Gasteiger partial charge >= 0.3 is 0 Å². The number of benzene rings is 1. The molecule has 1 saturated carbocycles. The fourth-order valence-corrected chi connectivity index (χ4v) is 3.10. The predicted octanol–water partition coefficient (Wildman–Crippen LogP) is 4.52. The standard InChI is InChI=1S/C17H28N2/c1-4-5-14-6-8-15(9-7-14)18-16-10-12-17(13-11-16)19(2)3/h10-15,18H,4-9H2,1-3H3. The summed E-state index contributed by atoms with van der Waals surface area (Å²) in [6.07, 6.45) is 8.24. The Morgan fingerprint density at radius 3 is 2.21 bits per heavy atom. The van der Waals surface area contributed by atoms with E-state index in [2.05, 4.69) is 55.5 Å². The SMILES string of the molecule is CCCC1CCC(Nc2ccc(N(C)C)cc2)CC1. The number of nitrogens with one attached hydrogen (secondary N) is 1. The number of hydrogen-bond acceptors (Lipinski definition) is 2. The van der Waals surface area contributed by atoms with Gasteiger partial charge in [-0.05, 0) is 55.9 Å². The molecule has 0 spiro atoms. The molecule has 2 nitrogen and oxygen atoms in total. The number of anilines is 2. The summed E-state index contributed by atoms with van der Waals surface area (Å²) in [6.45, 7) is 2.30. The smallest absolute Gasteiger partial charge is 0.0362 e. The minimum atomic E-state index is 0.679. The second-order valence-electron chi connectivity index (χ2n) is 6.09. The minimum absolute atomic E-state index is 0.679. The molecule has 106 valence electrons. The fraction of sp³-hybridized carbons (Fsp3) is 0.647. The van der Waals surface area contributed by atoms with E-state index in [1.807, 2.05) is 0 Å². The molecule has 1 aliphatic carbocycles. The Kier molecular flexibility index (Phi) is 5.12. The Morgan fingerprint density at radius 1 is 1.05 bits per heavy atom. The molecule has 0 amide bonds. The zero-order valence-corrected chi connectivity index (χ0v) is 12.7. The van der Waals surface area contributed by atoms with Gasteiger partial charge in [-0.15, -0.1) is 0 Å². The lowest BCUT2D eigenvalue weighted by Crippen LogP contribution is -2.26. The first kappa shape index (κ1) is 14.2. The molecule has 1 aliphatic rings. The molecule has 0 atom stereocenters. The molecule has 1 fully saturated rings. The van der Waals surface area contributed by atoms with Crippen LogP contribution in [0, 0.1) is 5.92 Å². The molecular formula is C17H28N2. The van der Waals surface area contributed by atoms with Crippen LogP contribution in [0.15, 0.2) is 24.3 Å². The van der Waals surface area contributed by atoms with Crippen molar-refractivity contribution < 1.29 is 0 Å². The molecule has 0 saturated heterocycles. The second kappa shape index (κ2) is 6.83. The third-order valence-corrected chi connectivity index (χ3v) is 4.30. The highest BCUT2D eigenvalue weighted by atomic mass is 15.1. The molecule has 1 aromatic rings. The van der Waals surface area contributed by atoms with E-state index in [0.717, 1.165) is 5.92 Å². The van der Waals surface area contributed by atoms with Crippen molar-refractivity contribution in [1.29, 1.82) is 0 Å². The van der Waals surface area contributed by atoms with Crippen LogP contribution in [0.5, 0.6) is 0 Å². The molecule has 1 aromatic carbocycles. The molecule has 0 heterocycles. The lowest BCUT2D eigenvalue weighted by atomic mass is 9.83. The molecule has 2 rings (SSSR count). The van der Waals surface area contributed by atoms with E-state index in [-0.39, 0.29) is 0 Å². The molecular weight excluding hydrogens is 232 g/mol. The van der Waals surface area contributed by atoms with Crippen LogP contribution in [-0.2, 0) is 0 Å². The van der Waals surface area contributed by atoms with Crippen LogP contribution in [0.4, 0.5) is 11.4 Å². The van der Waals surface area contributed by atoms with E-state index in [0.29, 0.717) is 6.04 Å². The summed E-state index contributed by atoms with van der Waals surface area (Å²) in [7, 11) is 4.16. The lowest BCUT2D eigenvalue weighted by Gasteiger charge is -2.29. The molecule has 0 aromatic heterocycles. The Bertz CT molecular complexity index is 361. The van der Waals surface area contributed by atoms with Gasteiger partial charge in [-0.25, -0.2) is 0 Å². The van der Waals surface area contributed by atoms with Crippen LogP contribution < -0.4 is 10.2 Å². The molecule has 0 bridgehead atoms. The van der Waals surface area contributed by atoms with Gasteiger partial charge in [0, 0.05) is 31.5 Å². The summed E-state index contributed by atoms with van der Waals surface area (Å²) in [5.41, 5.74) is 2.53. The van der Waals surface area contributed by atoms with Crippen LogP contribution in [-0.4, -0.2) is 20.1 Å². The summed E-state index contributed by atoms with van der Waals surface area (Å²) in [6, 6.07) is 9.45. The summed E-state index contributed by atoms with van der Waals surface area (Å²) < 4.78 is 0. The molecule has 0 aliphatic heterocycles. The van der Waals surface area contributed by atoms with E-state index >= 15 is 0 Å². The third-order valence-electron chi connectivity index (χ3n) is 4.30. The lowest BCUT2D eigenvalue weighted by molar-refractivity contribution is 0.319. The van der Waals surface area contributed by atoms with Gasteiger partial charge in [0.15, 0.2) is 0 Å². The van der Waals surface area contributed by atoms with Crippen LogP contribution in [0.2, 0.25) is 0 Å². The second-order valence-corrected chi connectivity index (χ2v) is 6.09. The maximum absolute atomic E-state index is 3.69. The van der Waals surface area contributed by atoms with E-state index in [4.69, 9.17) is 0 Å². The quantitative estimate of drug-likeness (QED) is 0.837. The molecule has 0 unspecified atom stereocenters. The van der Waals surface area contributed by atoms with Gasteiger partial charge in [0.1, 0.15) is 0 Å². The number of hydrogen-bond donors (Lipinski definition) is 1. The minimum Gasteiger partial charge on any atom is -0.382 e. The summed E-state index contributed by atoms with van der Waals surface area (Å²) >= 11 is 0. The Hall–Kier alpha value is -1.18. The normalized spacial score (nSPS) is 23.1. The molecule has 1 N–H and O–H groups in total. The van der Waals surface area contributed by atoms with Gasteiger partial charge in [-0.1, -0.05) is 19.8 Å². The largest absolute Gasteiger partial charge is 0.382 e. The van der Waals surface area contributed by atoms with Crippen LogP contribution >= 0.6 is 0 Å². The van der Waals surface area contributed by atoms with Gasteiger partial charge < -0.3 is 10.2 Å². The highest BCUT2D eigenvalue weighted by molar-refractivity contribution is 5.54. The molecule has 19 heavy (non-hydrogen) atoms. The zero-order chi connectivity index (χ0) is 13.7. The average Bonchev–Trinajstić information content (AvgIpc) is 2.42. The maximum atomic E-state index is 3.69. The van der Waals surface area contributed by atoms with E-state index in [9.17, 15) is 0 Å². The monoisotopic (exact) mass is 260 g/mol. The average molecular weight is 260 g/mol. The van der Waals surface area contributed by atoms with Crippen molar-refractivity contribution in [2.24, 2.45) is 5.92 Å². The van der Waals surface area contributed by atoms with Gasteiger partial charge in [0.25, 0.3) is 0 Å². The highest BCUT2D eigenvalue weighted by Crippen LogP contribution is 2.29. The van der Waals surface area contributed by atoms with Crippen molar-refractivity contribution in [3.63, 3.8) is 0 Å². The van der Waals surface area contributed by atoms with Crippen LogP contribution in [0.25, 0.3) is 0 Å². The number of rotatable bonds is 5. The topological polar surface area (TPSA) is 15.3 Å². The molecule has 2 heteroatoms. The Balaban J connectivity index is 1.82. The van der Waals surface area contributed by atoms with Gasteiger partial charge in [0.05, 0.1) is 0 Å². The van der Waals surface area contributed by atoms with E-state index in [1.165, 1.54) is 49.9 Å². The Labute approximate surface area is 118 Å². The highest BCUT2D eigenvalue weighted by Gasteiger charge is 2.20. The maximum Gasteiger partial charge on any atom is 0.0362 e. The van der Waals surface area contributed by atoms with Gasteiger partial charge in [0.2, 0.25) is 0 Å². The van der Waals surface area contributed by atoms with Crippen LogP contribution in [0.1, 0.15) is 45.4 Å². The van der Waals surface area contributed by atoms with Gasteiger partial charge in [-0.3, -0.25) is 0 Å². The van der Waals surface area contributed by atoms with Crippen molar-refractivity contribution in [1.82, 2.24) is 0 Å². The summed E-state index contributed by atoms with van der Waals surface area (Å²) in [5, 5.41) is 3.69. The fourth-order valence-electron chi connectivity index (χ4n) is 3.10. The van der Waals surface area contributed by atoms with Crippen molar-refractivity contribution in [2.45, 2.75) is 51.5 Å². The van der Waals surface area contributed by atoms with Crippen molar-refractivity contribution >= 4 is 11.4 Å². The number of nitrogens with zero attached hydrogens (tertiary/aromatic N) is 1. The first-order valence-corrected chi connectivity index (χ1v) is 7.73.